The van der Waals surface area contributed by atoms with E-state index in [2.05, 4.69) is 31.8 Å². The van der Waals surface area contributed by atoms with Crippen molar-refractivity contribution in [2.45, 2.75) is 57.2 Å². The molecule has 8 nitrogen and oxygen atoms in total. The summed E-state index contributed by atoms with van der Waals surface area (Å²) in [6.45, 7) is 6.00. The first-order valence-corrected chi connectivity index (χ1v) is 12.6. The van der Waals surface area contributed by atoms with Crippen molar-refractivity contribution in [3.8, 4) is 0 Å². The number of likely N-dealkylation sites (N-methyl/N-ethyl adjacent to an activating group) is 1. The molecule has 0 bridgehead atoms. The van der Waals surface area contributed by atoms with Crippen molar-refractivity contribution in [3.05, 3.63) is 17.1 Å². The number of aromatic nitrogens is 2. The Kier molecular flexibility index (Phi) is 6.22. The number of nitrogens with zero attached hydrogens (tertiary/aromatic N) is 4. The maximum absolute atomic E-state index is 13.0. The van der Waals surface area contributed by atoms with E-state index in [4.69, 9.17) is 4.74 Å². The van der Waals surface area contributed by atoms with E-state index >= 15 is 0 Å². The Morgan fingerprint density at radius 2 is 2.03 bits per heavy atom. The third-order valence-electron chi connectivity index (χ3n) is 7.32. The highest BCUT2D eigenvalue weighted by atomic mass is 32.1. The fourth-order valence-corrected chi connectivity index (χ4v) is 6.45. The van der Waals surface area contributed by atoms with E-state index < -0.39 is 0 Å². The molecule has 2 unspecified atom stereocenters. The second-order valence-corrected chi connectivity index (χ2v) is 10.7. The summed E-state index contributed by atoms with van der Waals surface area (Å²) in [5.41, 5.74) is 0. The Bertz CT molecular complexity index is 980. The number of piperazine rings is 1. The van der Waals surface area contributed by atoms with Crippen LogP contribution < -0.4 is 5.32 Å². The van der Waals surface area contributed by atoms with Crippen molar-refractivity contribution < 1.29 is 14.3 Å². The summed E-state index contributed by atoms with van der Waals surface area (Å²) in [4.78, 5) is 31.3. The number of ether oxygens (including phenoxy) is 1. The van der Waals surface area contributed by atoms with Crippen molar-refractivity contribution in [3.63, 3.8) is 0 Å². The molecule has 1 aliphatic carbocycles. The first kappa shape index (κ1) is 21.9. The fourth-order valence-electron chi connectivity index (χ4n) is 5.40. The molecule has 3 fully saturated rings. The molecule has 0 radical (unpaired) electrons. The van der Waals surface area contributed by atoms with Gasteiger partial charge in [0.25, 0.3) is 5.91 Å². The molecule has 1 saturated carbocycles. The van der Waals surface area contributed by atoms with Crippen LogP contribution in [-0.4, -0.2) is 83.4 Å². The molecule has 1 N–H and O–H groups in total. The third-order valence-corrected chi connectivity index (χ3v) is 8.46. The maximum atomic E-state index is 13.0. The van der Waals surface area contributed by atoms with Gasteiger partial charge in [-0.15, -0.1) is 11.3 Å². The Hall–Kier alpha value is -1.97. The maximum Gasteiger partial charge on any atom is 0.261 e. The summed E-state index contributed by atoms with van der Waals surface area (Å²) in [7, 11) is 2.00. The predicted molar refractivity (Wildman–Crippen MR) is 124 cm³/mol. The van der Waals surface area contributed by atoms with Crippen molar-refractivity contribution in [1.29, 1.82) is 0 Å². The second-order valence-electron chi connectivity index (χ2n) is 9.67. The van der Waals surface area contributed by atoms with Crippen LogP contribution in [0.4, 0.5) is 0 Å². The van der Waals surface area contributed by atoms with Gasteiger partial charge in [0.2, 0.25) is 5.91 Å². The van der Waals surface area contributed by atoms with Crippen LogP contribution in [0.15, 0.2) is 12.3 Å². The zero-order chi connectivity index (χ0) is 22.2. The van der Waals surface area contributed by atoms with Gasteiger partial charge in [-0.05, 0) is 45.2 Å². The molecule has 0 spiro atoms. The molecule has 2 saturated heterocycles. The molecule has 3 aliphatic rings. The van der Waals surface area contributed by atoms with E-state index in [0.29, 0.717) is 24.5 Å². The second kappa shape index (κ2) is 9.11. The average Bonchev–Trinajstić information content (AvgIpc) is 3.36. The number of carbonyl (C=O) groups is 2. The SMILES string of the molecule is CC1COCCC1n1ncc2cc(C(=O)NC3CCC(N4CCN(C)CC4=O)CC3)sc21. The minimum absolute atomic E-state index is 0.0110. The molecule has 32 heavy (non-hydrogen) atoms. The quantitative estimate of drug-likeness (QED) is 0.760. The highest BCUT2D eigenvalue weighted by molar-refractivity contribution is 7.20. The Labute approximate surface area is 192 Å². The Balaban J connectivity index is 1.19. The van der Waals surface area contributed by atoms with Gasteiger partial charge in [0.15, 0.2) is 0 Å². The molecule has 2 aromatic rings. The van der Waals surface area contributed by atoms with Crippen LogP contribution in [0.5, 0.6) is 0 Å². The third kappa shape index (κ3) is 4.30. The van der Waals surface area contributed by atoms with Gasteiger partial charge in [0.05, 0.1) is 30.3 Å². The smallest absolute Gasteiger partial charge is 0.261 e. The minimum atomic E-state index is 0.0110. The zero-order valence-corrected chi connectivity index (χ0v) is 19.8. The molecular weight excluding hydrogens is 426 g/mol. The molecule has 9 heteroatoms. The summed E-state index contributed by atoms with van der Waals surface area (Å²) in [6, 6.07) is 2.79. The molecule has 0 aromatic carbocycles. The number of hydrogen-bond donors (Lipinski definition) is 1. The van der Waals surface area contributed by atoms with Crippen LogP contribution in [0, 0.1) is 5.92 Å². The van der Waals surface area contributed by atoms with E-state index in [1.807, 2.05) is 19.3 Å². The molecule has 174 valence electrons. The average molecular weight is 460 g/mol. The topological polar surface area (TPSA) is 79.7 Å². The molecule has 2 amide bonds. The highest BCUT2D eigenvalue weighted by Gasteiger charge is 2.32. The first-order valence-electron chi connectivity index (χ1n) is 11.8. The van der Waals surface area contributed by atoms with Crippen molar-refractivity contribution >= 4 is 33.4 Å². The van der Waals surface area contributed by atoms with Gasteiger partial charge < -0.3 is 15.0 Å². The lowest BCUT2D eigenvalue weighted by Crippen LogP contribution is -2.54. The van der Waals surface area contributed by atoms with Gasteiger partial charge in [-0.3, -0.25) is 19.2 Å². The molecule has 5 rings (SSSR count). The van der Waals surface area contributed by atoms with Crippen molar-refractivity contribution in [2.75, 3.05) is 39.9 Å². The van der Waals surface area contributed by atoms with Crippen molar-refractivity contribution in [2.24, 2.45) is 5.92 Å². The van der Waals surface area contributed by atoms with Gasteiger partial charge in [-0.2, -0.15) is 5.10 Å². The van der Waals surface area contributed by atoms with E-state index in [1.165, 1.54) is 11.3 Å². The van der Waals surface area contributed by atoms with E-state index in [9.17, 15) is 9.59 Å². The Morgan fingerprint density at radius 3 is 2.78 bits per heavy atom. The van der Waals surface area contributed by atoms with Gasteiger partial charge in [0, 0.05) is 43.1 Å². The highest BCUT2D eigenvalue weighted by Crippen LogP contribution is 2.33. The molecular formula is C23H33N5O3S. The van der Waals surface area contributed by atoms with Crippen LogP contribution in [-0.2, 0) is 9.53 Å². The number of carbonyl (C=O) groups excluding carboxylic acids is 2. The van der Waals surface area contributed by atoms with Crippen LogP contribution in [0.2, 0.25) is 0 Å². The normalized spacial score (nSPS) is 30.1. The van der Waals surface area contributed by atoms with Gasteiger partial charge in [-0.1, -0.05) is 6.92 Å². The predicted octanol–water partition coefficient (Wildman–Crippen LogP) is 2.51. The monoisotopic (exact) mass is 459 g/mol. The number of nitrogens with one attached hydrogen (secondary N) is 1. The zero-order valence-electron chi connectivity index (χ0n) is 19.0. The summed E-state index contributed by atoms with van der Waals surface area (Å²) < 4.78 is 7.68. The number of hydrogen-bond acceptors (Lipinski definition) is 6. The van der Waals surface area contributed by atoms with E-state index in [1.54, 1.807) is 0 Å². The Morgan fingerprint density at radius 1 is 1.22 bits per heavy atom. The van der Waals surface area contributed by atoms with E-state index in [-0.39, 0.29) is 17.9 Å². The lowest BCUT2D eigenvalue weighted by molar-refractivity contribution is -0.138. The summed E-state index contributed by atoms with van der Waals surface area (Å²) in [6.07, 6.45) is 6.61. The summed E-state index contributed by atoms with van der Waals surface area (Å²) >= 11 is 1.54. The fraction of sp³-hybridized carbons (Fsp3) is 0.696. The van der Waals surface area contributed by atoms with E-state index in [0.717, 1.165) is 73.5 Å². The van der Waals surface area contributed by atoms with Crippen LogP contribution in [0.25, 0.3) is 10.2 Å². The van der Waals surface area contributed by atoms with Gasteiger partial charge >= 0.3 is 0 Å². The standard InChI is InChI=1S/C23H33N5O3S/c1-15-14-31-10-7-19(15)28-23-16(12-24-28)11-20(32-23)22(30)25-17-3-5-18(6-4-17)27-9-8-26(2)13-21(27)29/h11-12,15,17-19H,3-10,13-14H2,1-2H3,(H,25,30). The minimum Gasteiger partial charge on any atom is -0.381 e. The molecule has 4 heterocycles. The number of thiophene rings is 1. The number of amides is 2. The summed E-state index contributed by atoms with van der Waals surface area (Å²) in [5.74, 6) is 0.662. The molecule has 2 atom stereocenters. The largest absolute Gasteiger partial charge is 0.381 e. The summed E-state index contributed by atoms with van der Waals surface area (Å²) in [5, 5.41) is 8.90. The molecule has 2 aliphatic heterocycles. The first-order chi connectivity index (χ1) is 15.5. The lowest BCUT2D eigenvalue weighted by Gasteiger charge is -2.41. The molecule has 2 aromatic heterocycles. The number of rotatable bonds is 4. The van der Waals surface area contributed by atoms with Crippen LogP contribution in [0.3, 0.4) is 0 Å². The van der Waals surface area contributed by atoms with Crippen LogP contribution >= 0.6 is 11.3 Å². The van der Waals surface area contributed by atoms with Gasteiger partial charge in [0.1, 0.15) is 4.83 Å². The van der Waals surface area contributed by atoms with Crippen molar-refractivity contribution in [1.82, 2.24) is 24.9 Å². The van der Waals surface area contributed by atoms with Crippen LogP contribution in [0.1, 0.15) is 54.7 Å². The lowest BCUT2D eigenvalue weighted by atomic mass is 9.89. The number of fused-ring (bicyclic) bond motifs is 1. The van der Waals surface area contributed by atoms with Gasteiger partial charge in [-0.25, -0.2) is 0 Å².